The Bertz CT molecular complexity index is 515. The molecule has 1 aromatic rings. The molecule has 0 saturated heterocycles. The largest absolute Gasteiger partial charge is 0.326 e. The van der Waals surface area contributed by atoms with E-state index < -0.39 is 10.0 Å². The quantitative estimate of drug-likeness (QED) is 0.904. The molecule has 0 fully saturated rings. The number of hydrogen-bond acceptors (Lipinski definition) is 3. The lowest BCUT2D eigenvalue weighted by Gasteiger charge is -2.24. The van der Waals surface area contributed by atoms with Crippen molar-refractivity contribution in [3.8, 4) is 0 Å². The van der Waals surface area contributed by atoms with Gasteiger partial charge in [0, 0.05) is 19.1 Å². The third-order valence-corrected chi connectivity index (χ3v) is 5.34. The number of nitrogens with zero attached hydrogens (tertiary/aromatic N) is 1. The van der Waals surface area contributed by atoms with Gasteiger partial charge in [0.25, 0.3) is 0 Å². The van der Waals surface area contributed by atoms with E-state index in [9.17, 15) is 8.42 Å². The Morgan fingerprint density at radius 3 is 2.39 bits per heavy atom. The van der Waals surface area contributed by atoms with Gasteiger partial charge in [-0.15, -0.1) is 0 Å². The highest BCUT2D eigenvalue weighted by molar-refractivity contribution is 7.89. The van der Waals surface area contributed by atoms with Crippen LogP contribution in [0.25, 0.3) is 0 Å². The maximum absolute atomic E-state index is 12.4. The summed E-state index contributed by atoms with van der Waals surface area (Å²) in [6, 6.07) is 4.70. The van der Waals surface area contributed by atoms with Crippen molar-refractivity contribution in [3.05, 3.63) is 28.8 Å². The van der Waals surface area contributed by atoms with Crippen LogP contribution >= 0.6 is 11.6 Å². The number of hydrogen-bond donors (Lipinski definition) is 1. The third kappa shape index (κ3) is 3.03. The van der Waals surface area contributed by atoms with E-state index in [4.69, 9.17) is 17.3 Å². The standard InChI is InChI=1S/C12H19ClN2O2S/c1-4-15(9(2)3)18(16,17)12-6-5-10(8-14)7-11(12)13/h5-7,9H,4,8,14H2,1-3H3. The van der Waals surface area contributed by atoms with Crippen molar-refractivity contribution in [3.63, 3.8) is 0 Å². The van der Waals surface area contributed by atoms with Gasteiger partial charge in [-0.1, -0.05) is 24.6 Å². The second-order valence-corrected chi connectivity index (χ2v) is 6.54. The summed E-state index contributed by atoms with van der Waals surface area (Å²) < 4.78 is 26.3. The van der Waals surface area contributed by atoms with E-state index in [1.807, 2.05) is 13.8 Å². The van der Waals surface area contributed by atoms with Crippen LogP contribution in [0.4, 0.5) is 0 Å². The van der Waals surface area contributed by atoms with Gasteiger partial charge >= 0.3 is 0 Å². The highest BCUT2D eigenvalue weighted by Crippen LogP contribution is 2.26. The average Bonchev–Trinajstić information content (AvgIpc) is 2.28. The lowest BCUT2D eigenvalue weighted by molar-refractivity contribution is 0.369. The third-order valence-electron chi connectivity index (χ3n) is 2.71. The first-order chi connectivity index (χ1) is 8.34. The van der Waals surface area contributed by atoms with Gasteiger partial charge in [-0.25, -0.2) is 8.42 Å². The molecule has 0 aliphatic heterocycles. The summed E-state index contributed by atoms with van der Waals surface area (Å²) in [4.78, 5) is 0.136. The zero-order valence-corrected chi connectivity index (χ0v) is 12.4. The molecule has 0 unspecified atom stereocenters. The first kappa shape index (κ1) is 15.4. The summed E-state index contributed by atoms with van der Waals surface area (Å²) in [6.45, 7) is 6.23. The highest BCUT2D eigenvalue weighted by Gasteiger charge is 2.27. The van der Waals surface area contributed by atoms with Gasteiger partial charge in [0.05, 0.1) is 5.02 Å². The minimum Gasteiger partial charge on any atom is -0.326 e. The smallest absolute Gasteiger partial charge is 0.244 e. The number of nitrogens with two attached hydrogens (primary N) is 1. The number of rotatable bonds is 5. The maximum Gasteiger partial charge on any atom is 0.244 e. The molecule has 0 atom stereocenters. The monoisotopic (exact) mass is 290 g/mol. The van der Waals surface area contributed by atoms with E-state index >= 15 is 0 Å². The van der Waals surface area contributed by atoms with Gasteiger partial charge in [0.1, 0.15) is 4.90 Å². The first-order valence-corrected chi connectivity index (χ1v) is 7.66. The van der Waals surface area contributed by atoms with Crippen molar-refractivity contribution in [2.24, 2.45) is 5.73 Å². The van der Waals surface area contributed by atoms with Gasteiger partial charge in [-0.2, -0.15) is 4.31 Å². The second-order valence-electron chi connectivity index (χ2n) is 4.27. The molecule has 0 amide bonds. The summed E-state index contributed by atoms with van der Waals surface area (Å²) in [6.07, 6.45) is 0. The fraction of sp³-hybridized carbons (Fsp3) is 0.500. The summed E-state index contributed by atoms with van der Waals surface area (Å²) in [7, 11) is -3.55. The number of sulfonamides is 1. The molecule has 6 heteroatoms. The molecule has 0 bridgehead atoms. The Balaban J connectivity index is 3.28. The van der Waals surface area contributed by atoms with E-state index in [1.54, 1.807) is 19.1 Å². The molecule has 0 saturated carbocycles. The summed E-state index contributed by atoms with van der Waals surface area (Å²) in [5, 5.41) is 0.219. The Morgan fingerprint density at radius 2 is 2.00 bits per heavy atom. The van der Waals surface area contributed by atoms with Crippen LogP contribution in [0.3, 0.4) is 0 Å². The van der Waals surface area contributed by atoms with Crippen molar-refractivity contribution in [2.45, 2.75) is 38.3 Å². The van der Waals surface area contributed by atoms with E-state index in [-0.39, 0.29) is 16.0 Å². The number of halogens is 1. The SMILES string of the molecule is CCN(C(C)C)S(=O)(=O)c1ccc(CN)cc1Cl. The van der Waals surface area contributed by atoms with E-state index in [0.717, 1.165) is 5.56 Å². The molecule has 1 rings (SSSR count). The summed E-state index contributed by atoms with van der Waals surface area (Å²) >= 11 is 6.04. The summed E-state index contributed by atoms with van der Waals surface area (Å²) in [5.41, 5.74) is 6.31. The lowest BCUT2D eigenvalue weighted by atomic mass is 10.2. The average molecular weight is 291 g/mol. The molecule has 4 nitrogen and oxygen atoms in total. The molecule has 18 heavy (non-hydrogen) atoms. The van der Waals surface area contributed by atoms with Gasteiger partial charge in [0.15, 0.2) is 0 Å². The van der Waals surface area contributed by atoms with Crippen LogP contribution < -0.4 is 5.73 Å². The van der Waals surface area contributed by atoms with Crippen molar-refractivity contribution in [1.29, 1.82) is 0 Å². The maximum atomic E-state index is 12.4. The van der Waals surface area contributed by atoms with E-state index in [2.05, 4.69) is 0 Å². The van der Waals surface area contributed by atoms with E-state index in [0.29, 0.717) is 13.1 Å². The molecule has 0 heterocycles. The van der Waals surface area contributed by atoms with Crippen molar-refractivity contribution < 1.29 is 8.42 Å². The molecule has 0 aliphatic carbocycles. The topological polar surface area (TPSA) is 63.4 Å². The Hall–Kier alpha value is -0.620. The van der Waals surface area contributed by atoms with Gasteiger partial charge in [-0.3, -0.25) is 0 Å². The molecular formula is C12H19ClN2O2S. The van der Waals surface area contributed by atoms with Crippen LogP contribution in [0.5, 0.6) is 0 Å². The van der Waals surface area contributed by atoms with Crippen LogP contribution in [0.1, 0.15) is 26.3 Å². The van der Waals surface area contributed by atoms with Crippen molar-refractivity contribution in [1.82, 2.24) is 4.31 Å². The zero-order chi connectivity index (χ0) is 13.9. The van der Waals surface area contributed by atoms with Crippen molar-refractivity contribution in [2.75, 3.05) is 6.54 Å². The molecular weight excluding hydrogens is 272 g/mol. The van der Waals surface area contributed by atoms with Gasteiger partial charge < -0.3 is 5.73 Å². The minimum absolute atomic E-state index is 0.106. The van der Waals surface area contributed by atoms with Gasteiger partial charge in [-0.05, 0) is 31.5 Å². The van der Waals surface area contributed by atoms with Crippen LogP contribution in [0, 0.1) is 0 Å². The Labute approximate surface area is 114 Å². The van der Waals surface area contributed by atoms with Crippen molar-refractivity contribution >= 4 is 21.6 Å². The Morgan fingerprint density at radius 1 is 1.39 bits per heavy atom. The molecule has 1 aromatic carbocycles. The van der Waals surface area contributed by atoms with Crippen LogP contribution in [-0.2, 0) is 16.6 Å². The molecule has 0 spiro atoms. The molecule has 0 aromatic heterocycles. The fourth-order valence-corrected chi connectivity index (χ4v) is 4.01. The minimum atomic E-state index is -3.55. The lowest BCUT2D eigenvalue weighted by Crippen LogP contribution is -2.36. The normalized spacial score (nSPS) is 12.4. The predicted molar refractivity (Wildman–Crippen MR) is 74.0 cm³/mol. The molecule has 0 radical (unpaired) electrons. The summed E-state index contributed by atoms with van der Waals surface area (Å²) in [5.74, 6) is 0. The van der Waals surface area contributed by atoms with Crippen LogP contribution in [0.2, 0.25) is 5.02 Å². The zero-order valence-electron chi connectivity index (χ0n) is 10.9. The number of benzene rings is 1. The van der Waals surface area contributed by atoms with Crippen LogP contribution in [0.15, 0.2) is 23.1 Å². The molecule has 2 N–H and O–H groups in total. The molecule has 0 aliphatic rings. The van der Waals surface area contributed by atoms with E-state index in [1.165, 1.54) is 10.4 Å². The van der Waals surface area contributed by atoms with Gasteiger partial charge in [0.2, 0.25) is 10.0 Å². The highest BCUT2D eigenvalue weighted by atomic mass is 35.5. The first-order valence-electron chi connectivity index (χ1n) is 5.85. The van der Waals surface area contributed by atoms with Crippen LogP contribution in [-0.4, -0.2) is 25.3 Å². The fourth-order valence-electron chi connectivity index (χ4n) is 1.82. The second kappa shape index (κ2) is 6.02. The molecule has 102 valence electrons. The predicted octanol–water partition coefficient (Wildman–Crippen LogP) is 2.22. The Kier molecular flexibility index (Phi) is 5.16.